The Hall–Kier alpha value is -1.34. The van der Waals surface area contributed by atoms with Gasteiger partial charge in [0.15, 0.2) is 0 Å². The van der Waals surface area contributed by atoms with E-state index in [0.29, 0.717) is 4.90 Å². The van der Waals surface area contributed by atoms with Crippen LogP contribution in [0.2, 0.25) is 0 Å². The Morgan fingerprint density at radius 3 is 2.45 bits per heavy atom. The molecule has 1 aromatic rings. The van der Waals surface area contributed by atoms with Gasteiger partial charge in [-0.25, -0.2) is 0 Å². The number of non-ortho nitro benzene ring substituents is 1. The van der Waals surface area contributed by atoms with Gasteiger partial charge in [-0.15, -0.1) is 23.4 Å². The van der Waals surface area contributed by atoms with Gasteiger partial charge in [0, 0.05) is 16.7 Å². The molecule has 0 heterocycles. The van der Waals surface area contributed by atoms with E-state index in [0.717, 1.165) is 31.7 Å². The summed E-state index contributed by atoms with van der Waals surface area (Å²) in [6, 6.07) is 3.74. The first-order chi connectivity index (χ1) is 9.49. The predicted molar refractivity (Wildman–Crippen MR) is 77.5 cm³/mol. The minimum absolute atomic E-state index is 0.0106. The maximum absolute atomic E-state index is 11.1. The zero-order valence-corrected chi connectivity index (χ0v) is 12.1. The van der Waals surface area contributed by atoms with E-state index in [4.69, 9.17) is 11.6 Å². The zero-order valence-electron chi connectivity index (χ0n) is 10.5. The van der Waals surface area contributed by atoms with Crippen LogP contribution in [0.1, 0.15) is 25.7 Å². The number of nitro benzene ring substituents is 2. The lowest BCUT2D eigenvalue weighted by Crippen LogP contribution is -2.22. The first-order valence-corrected chi connectivity index (χ1v) is 7.54. The molecule has 20 heavy (non-hydrogen) atoms. The van der Waals surface area contributed by atoms with E-state index in [-0.39, 0.29) is 22.0 Å². The van der Waals surface area contributed by atoms with Gasteiger partial charge < -0.3 is 0 Å². The van der Waals surface area contributed by atoms with Crippen LogP contribution >= 0.6 is 23.4 Å². The van der Waals surface area contributed by atoms with Crippen LogP contribution in [0.25, 0.3) is 0 Å². The monoisotopic (exact) mass is 316 g/mol. The molecule has 0 aliphatic heterocycles. The minimum atomic E-state index is -0.633. The summed E-state index contributed by atoms with van der Waals surface area (Å²) < 4.78 is 0. The lowest BCUT2D eigenvalue weighted by molar-refractivity contribution is -0.396. The van der Waals surface area contributed by atoms with Gasteiger partial charge in [0.1, 0.15) is 0 Å². The average molecular weight is 317 g/mol. The molecule has 1 aromatic carbocycles. The maximum Gasteiger partial charge on any atom is 0.289 e. The first-order valence-electron chi connectivity index (χ1n) is 6.22. The van der Waals surface area contributed by atoms with Crippen LogP contribution in [-0.4, -0.2) is 20.5 Å². The van der Waals surface area contributed by atoms with Crippen molar-refractivity contribution >= 4 is 34.7 Å². The Morgan fingerprint density at radius 2 is 1.85 bits per heavy atom. The van der Waals surface area contributed by atoms with Crippen LogP contribution in [0.5, 0.6) is 0 Å². The van der Waals surface area contributed by atoms with Crippen molar-refractivity contribution in [1.82, 2.24) is 0 Å². The highest BCUT2D eigenvalue weighted by molar-refractivity contribution is 8.00. The third-order valence-corrected chi connectivity index (χ3v) is 5.39. The van der Waals surface area contributed by atoms with E-state index in [1.807, 2.05) is 0 Å². The second kappa shape index (κ2) is 6.41. The average Bonchev–Trinajstić information content (AvgIpc) is 2.41. The summed E-state index contributed by atoms with van der Waals surface area (Å²) in [5.41, 5.74) is -0.495. The Kier molecular flexibility index (Phi) is 4.82. The van der Waals surface area contributed by atoms with Crippen LogP contribution in [0.3, 0.4) is 0 Å². The smallest absolute Gasteiger partial charge is 0.258 e. The number of alkyl halides is 1. The largest absolute Gasteiger partial charge is 0.289 e. The molecule has 6 nitrogen and oxygen atoms in total. The highest BCUT2D eigenvalue weighted by Crippen LogP contribution is 2.41. The third kappa shape index (κ3) is 3.40. The number of rotatable bonds is 4. The van der Waals surface area contributed by atoms with E-state index >= 15 is 0 Å². The van der Waals surface area contributed by atoms with Gasteiger partial charge in [0.05, 0.1) is 20.8 Å². The standard InChI is InChI=1S/C12H13ClN2O4S/c13-9-3-1-2-4-11(9)20-12-6-5-8(14(16)17)7-10(12)15(18)19/h5-7,9,11H,1-4H2/t9-,11+/m0/s1. The van der Waals surface area contributed by atoms with Crippen molar-refractivity contribution in [2.24, 2.45) is 0 Å². The summed E-state index contributed by atoms with van der Waals surface area (Å²) in [5.74, 6) is 0. The SMILES string of the molecule is O=[N+]([O-])c1ccc(S[C@@H]2CCCC[C@@H]2Cl)c([N+](=O)[O-])c1. The molecule has 2 rings (SSSR count). The Labute approximate surface area is 124 Å². The molecule has 0 aromatic heterocycles. The number of thioether (sulfide) groups is 1. The summed E-state index contributed by atoms with van der Waals surface area (Å²) in [5, 5.41) is 21.8. The van der Waals surface area contributed by atoms with Gasteiger partial charge in [0.25, 0.3) is 11.4 Å². The molecule has 0 unspecified atom stereocenters. The summed E-state index contributed by atoms with van der Waals surface area (Å²) >= 11 is 7.60. The lowest BCUT2D eigenvalue weighted by Gasteiger charge is -2.26. The van der Waals surface area contributed by atoms with E-state index in [1.165, 1.54) is 23.9 Å². The Balaban J connectivity index is 2.26. The molecule has 0 spiro atoms. The van der Waals surface area contributed by atoms with Gasteiger partial charge in [0.2, 0.25) is 0 Å². The molecule has 1 fully saturated rings. The molecule has 108 valence electrons. The fraction of sp³-hybridized carbons (Fsp3) is 0.500. The first kappa shape index (κ1) is 15.1. The van der Waals surface area contributed by atoms with E-state index in [9.17, 15) is 20.2 Å². The number of nitrogens with zero attached hydrogens (tertiary/aromatic N) is 2. The molecule has 0 bridgehead atoms. The van der Waals surface area contributed by atoms with Crippen molar-refractivity contribution in [3.63, 3.8) is 0 Å². The lowest BCUT2D eigenvalue weighted by atomic mass is 10.00. The summed E-state index contributed by atoms with van der Waals surface area (Å²) in [7, 11) is 0. The predicted octanol–water partition coefficient (Wildman–Crippen LogP) is 4.15. The van der Waals surface area contributed by atoms with Crippen molar-refractivity contribution in [2.45, 2.75) is 41.2 Å². The molecule has 0 N–H and O–H groups in total. The highest BCUT2D eigenvalue weighted by Gasteiger charge is 2.28. The molecule has 0 saturated heterocycles. The van der Waals surface area contributed by atoms with Crippen molar-refractivity contribution in [1.29, 1.82) is 0 Å². The molecule has 8 heteroatoms. The van der Waals surface area contributed by atoms with E-state index < -0.39 is 9.85 Å². The summed E-state index contributed by atoms with van der Waals surface area (Å²) in [6.07, 6.45) is 3.95. The molecule has 0 radical (unpaired) electrons. The highest BCUT2D eigenvalue weighted by atomic mass is 35.5. The third-order valence-electron chi connectivity index (χ3n) is 3.25. The number of hydrogen-bond acceptors (Lipinski definition) is 5. The minimum Gasteiger partial charge on any atom is -0.258 e. The van der Waals surface area contributed by atoms with E-state index in [1.54, 1.807) is 0 Å². The van der Waals surface area contributed by atoms with Crippen LogP contribution < -0.4 is 0 Å². The van der Waals surface area contributed by atoms with Crippen LogP contribution in [-0.2, 0) is 0 Å². The number of halogens is 1. The Bertz CT molecular complexity index is 540. The Morgan fingerprint density at radius 1 is 1.15 bits per heavy atom. The van der Waals surface area contributed by atoms with E-state index in [2.05, 4.69) is 0 Å². The van der Waals surface area contributed by atoms with Crippen LogP contribution in [0.15, 0.2) is 23.1 Å². The fourth-order valence-corrected chi connectivity index (χ4v) is 3.94. The summed E-state index contributed by atoms with van der Waals surface area (Å²) in [4.78, 5) is 21.0. The number of nitro groups is 2. The van der Waals surface area contributed by atoms with Crippen molar-refractivity contribution in [2.75, 3.05) is 0 Å². The second-order valence-electron chi connectivity index (χ2n) is 4.62. The molecule has 1 aliphatic carbocycles. The molecule has 1 aliphatic rings. The topological polar surface area (TPSA) is 86.3 Å². The zero-order chi connectivity index (χ0) is 14.7. The van der Waals surface area contributed by atoms with Gasteiger partial charge in [-0.1, -0.05) is 12.8 Å². The number of benzene rings is 1. The van der Waals surface area contributed by atoms with Crippen molar-refractivity contribution in [3.8, 4) is 0 Å². The molecule has 0 amide bonds. The van der Waals surface area contributed by atoms with Crippen LogP contribution in [0.4, 0.5) is 11.4 Å². The van der Waals surface area contributed by atoms with Crippen molar-refractivity contribution in [3.05, 3.63) is 38.4 Å². The molecular formula is C12H13ClN2O4S. The second-order valence-corrected chi connectivity index (χ2v) is 6.46. The van der Waals surface area contributed by atoms with Gasteiger partial charge in [-0.3, -0.25) is 20.2 Å². The van der Waals surface area contributed by atoms with Crippen LogP contribution in [0, 0.1) is 20.2 Å². The summed E-state index contributed by atoms with van der Waals surface area (Å²) in [6.45, 7) is 0. The fourth-order valence-electron chi connectivity index (χ4n) is 2.21. The maximum atomic E-state index is 11.1. The van der Waals surface area contributed by atoms with Gasteiger partial charge in [-0.2, -0.15) is 0 Å². The number of hydrogen-bond donors (Lipinski definition) is 0. The normalized spacial score (nSPS) is 22.4. The molecule has 2 atom stereocenters. The molecular weight excluding hydrogens is 304 g/mol. The van der Waals surface area contributed by atoms with Crippen molar-refractivity contribution < 1.29 is 9.85 Å². The van der Waals surface area contributed by atoms with Gasteiger partial charge in [-0.05, 0) is 18.9 Å². The molecule has 1 saturated carbocycles. The quantitative estimate of drug-likeness (QED) is 0.473. The van der Waals surface area contributed by atoms with Gasteiger partial charge >= 0.3 is 0 Å².